The van der Waals surface area contributed by atoms with E-state index in [-0.39, 0.29) is 10.8 Å². The average Bonchev–Trinajstić information content (AvgIpc) is 3.30. The van der Waals surface area contributed by atoms with Crippen molar-refractivity contribution in [3.63, 3.8) is 0 Å². The van der Waals surface area contributed by atoms with Crippen LogP contribution in [0.5, 0.6) is 0 Å². The SMILES string of the molecule is CCN(CC)C(=O)C(c1ccccc1)N1CCN(S(=O)(=O)c2cccc3nsnc23)CC1. The van der Waals surface area contributed by atoms with Crippen molar-refractivity contribution in [3.8, 4) is 0 Å². The lowest BCUT2D eigenvalue weighted by molar-refractivity contribution is -0.137. The fourth-order valence-corrected chi connectivity index (χ4v) is 6.36. The van der Waals surface area contributed by atoms with Gasteiger partial charge in [0, 0.05) is 39.3 Å². The summed E-state index contributed by atoms with van der Waals surface area (Å²) >= 11 is 1.01. The van der Waals surface area contributed by atoms with E-state index >= 15 is 0 Å². The first-order chi connectivity index (χ1) is 15.5. The molecule has 1 unspecified atom stereocenters. The summed E-state index contributed by atoms with van der Waals surface area (Å²) in [4.78, 5) is 17.5. The Labute approximate surface area is 192 Å². The van der Waals surface area contributed by atoms with Gasteiger partial charge in [0.2, 0.25) is 15.9 Å². The Hall–Kier alpha value is -2.40. The molecule has 170 valence electrons. The van der Waals surface area contributed by atoms with Crippen molar-refractivity contribution in [1.82, 2.24) is 22.9 Å². The van der Waals surface area contributed by atoms with Gasteiger partial charge in [-0.15, -0.1) is 0 Å². The number of carbonyl (C=O) groups excluding carboxylic acids is 1. The molecular formula is C22H27N5O3S2. The number of hydrogen-bond donors (Lipinski definition) is 0. The Bertz CT molecular complexity index is 1170. The second-order valence-electron chi connectivity index (χ2n) is 7.65. The number of hydrogen-bond acceptors (Lipinski definition) is 7. The minimum Gasteiger partial charge on any atom is -0.342 e. The van der Waals surface area contributed by atoms with Crippen molar-refractivity contribution in [2.45, 2.75) is 24.8 Å². The number of aromatic nitrogens is 2. The molecule has 1 saturated heterocycles. The molecule has 1 aromatic heterocycles. The zero-order valence-corrected chi connectivity index (χ0v) is 19.8. The lowest BCUT2D eigenvalue weighted by Crippen LogP contribution is -2.52. The molecule has 1 aliphatic rings. The number of fused-ring (bicyclic) bond motifs is 1. The highest BCUT2D eigenvalue weighted by Crippen LogP contribution is 2.28. The molecule has 0 N–H and O–H groups in total. The molecule has 4 rings (SSSR count). The second kappa shape index (κ2) is 9.62. The van der Waals surface area contributed by atoms with Crippen LogP contribution in [0.3, 0.4) is 0 Å². The van der Waals surface area contributed by atoms with Gasteiger partial charge in [0.05, 0.1) is 11.7 Å². The summed E-state index contributed by atoms with van der Waals surface area (Å²) in [6.07, 6.45) is 0. The van der Waals surface area contributed by atoms with Gasteiger partial charge in [-0.3, -0.25) is 9.69 Å². The van der Waals surface area contributed by atoms with E-state index in [1.165, 1.54) is 4.31 Å². The second-order valence-corrected chi connectivity index (χ2v) is 10.1. The summed E-state index contributed by atoms with van der Waals surface area (Å²) < 4.78 is 36.5. The monoisotopic (exact) mass is 473 g/mol. The number of amides is 1. The lowest BCUT2D eigenvalue weighted by atomic mass is 10.0. The number of likely N-dealkylation sites (N-methyl/N-ethyl adjacent to an activating group) is 1. The number of benzene rings is 2. The highest BCUT2D eigenvalue weighted by atomic mass is 32.2. The molecule has 8 nitrogen and oxygen atoms in total. The van der Waals surface area contributed by atoms with Gasteiger partial charge in [-0.25, -0.2) is 8.42 Å². The number of rotatable bonds is 7. The van der Waals surface area contributed by atoms with Gasteiger partial charge >= 0.3 is 0 Å². The van der Waals surface area contributed by atoms with Crippen molar-refractivity contribution >= 4 is 38.7 Å². The van der Waals surface area contributed by atoms with Gasteiger partial charge in [0.15, 0.2) is 0 Å². The largest absolute Gasteiger partial charge is 0.342 e. The van der Waals surface area contributed by atoms with Gasteiger partial charge in [0.25, 0.3) is 0 Å². The number of carbonyl (C=O) groups is 1. The number of piperazine rings is 1. The highest BCUT2D eigenvalue weighted by molar-refractivity contribution is 7.89. The van der Waals surface area contributed by atoms with Crippen LogP contribution in [0.4, 0.5) is 0 Å². The molecule has 32 heavy (non-hydrogen) atoms. The Balaban J connectivity index is 1.56. The molecule has 1 amide bonds. The minimum absolute atomic E-state index is 0.0517. The fraction of sp³-hybridized carbons (Fsp3) is 0.409. The third kappa shape index (κ3) is 4.27. The summed E-state index contributed by atoms with van der Waals surface area (Å²) in [6, 6.07) is 14.3. The van der Waals surface area contributed by atoms with E-state index in [1.54, 1.807) is 18.2 Å². The normalized spacial score (nSPS) is 16.8. The lowest BCUT2D eigenvalue weighted by Gasteiger charge is -2.39. The molecule has 2 aromatic carbocycles. The van der Waals surface area contributed by atoms with Crippen LogP contribution in [-0.4, -0.2) is 76.4 Å². The van der Waals surface area contributed by atoms with Gasteiger partial charge < -0.3 is 4.90 Å². The van der Waals surface area contributed by atoms with Crippen LogP contribution in [0.15, 0.2) is 53.4 Å². The zero-order chi connectivity index (χ0) is 22.7. The van der Waals surface area contributed by atoms with Crippen molar-refractivity contribution in [1.29, 1.82) is 0 Å². The third-order valence-electron chi connectivity index (χ3n) is 5.93. The molecule has 2 heterocycles. The smallest absolute Gasteiger partial charge is 0.245 e. The Kier molecular flexibility index (Phi) is 6.85. The molecule has 0 aliphatic carbocycles. The van der Waals surface area contributed by atoms with Crippen LogP contribution < -0.4 is 0 Å². The Morgan fingerprint density at radius 3 is 2.34 bits per heavy atom. The van der Waals surface area contributed by atoms with E-state index in [9.17, 15) is 13.2 Å². The average molecular weight is 474 g/mol. The first kappa shape index (κ1) is 22.8. The van der Waals surface area contributed by atoms with Crippen molar-refractivity contribution in [3.05, 3.63) is 54.1 Å². The van der Waals surface area contributed by atoms with E-state index in [1.807, 2.05) is 49.1 Å². The molecule has 0 spiro atoms. The Morgan fingerprint density at radius 1 is 1.00 bits per heavy atom. The predicted molar refractivity (Wildman–Crippen MR) is 125 cm³/mol. The van der Waals surface area contributed by atoms with Gasteiger partial charge in [-0.05, 0) is 31.5 Å². The summed E-state index contributed by atoms with van der Waals surface area (Å²) in [5, 5.41) is 0. The molecular weight excluding hydrogens is 446 g/mol. The highest BCUT2D eigenvalue weighted by Gasteiger charge is 2.36. The first-order valence-electron chi connectivity index (χ1n) is 10.8. The summed E-state index contributed by atoms with van der Waals surface area (Å²) in [7, 11) is -3.70. The van der Waals surface area contributed by atoms with Crippen molar-refractivity contribution in [2.75, 3.05) is 39.3 Å². The fourth-order valence-electron chi connectivity index (χ4n) is 4.18. The van der Waals surface area contributed by atoms with Crippen LogP contribution in [0.25, 0.3) is 11.0 Å². The van der Waals surface area contributed by atoms with Crippen LogP contribution in [0.2, 0.25) is 0 Å². The number of nitrogens with zero attached hydrogens (tertiary/aromatic N) is 5. The van der Waals surface area contributed by atoms with E-state index in [0.29, 0.717) is 50.3 Å². The zero-order valence-electron chi connectivity index (χ0n) is 18.2. The molecule has 1 aliphatic heterocycles. The van der Waals surface area contributed by atoms with E-state index < -0.39 is 16.1 Å². The maximum absolute atomic E-state index is 13.4. The minimum atomic E-state index is -3.70. The summed E-state index contributed by atoms with van der Waals surface area (Å²) in [5.41, 5.74) is 1.93. The van der Waals surface area contributed by atoms with Gasteiger partial charge in [0.1, 0.15) is 22.0 Å². The van der Waals surface area contributed by atoms with Gasteiger partial charge in [-0.2, -0.15) is 13.1 Å². The maximum Gasteiger partial charge on any atom is 0.245 e. The van der Waals surface area contributed by atoms with Crippen molar-refractivity contribution in [2.24, 2.45) is 0 Å². The topological polar surface area (TPSA) is 86.7 Å². The first-order valence-corrected chi connectivity index (χ1v) is 12.9. The number of sulfonamides is 1. The van der Waals surface area contributed by atoms with Crippen LogP contribution >= 0.6 is 11.7 Å². The molecule has 1 fully saturated rings. The third-order valence-corrected chi connectivity index (χ3v) is 8.40. The summed E-state index contributed by atoms with van der Waals surface area (Å²) in [5.74, 6) is 0.0517. The Morgan fingerprint density at radius 2 is 1.69 bits per heavy atom. The molecule has 10 heteroatoms. The maximum atomic E-state index is 13.4. The summed E-state index contributed by atoms with van der Waals surface area (Å²) in [6.45, 7) is 6.78. The molecule has 3 aromatic rings. The molecule has 0 saturated carbocycles. The van der Waals surface area contributed by atoms with Crippen LogP contribution in [0.1, 0.15) is 25.5 Å². The van der Waals surface area contributed by atoms with Crippen molar-refractivity contribution < 1.29 is 13.2 Å². The molecule has 0 bridgehead atoms. The predicted octanol–water partition coefficient (Wildman–Crippen LogP) is 2.61. The standard InChI is InChI=1S/C22H27N5O3S2/c1-3-25(4-2)22(28)21(17-9-6-5-7-10-17)26-13-15-27(16-14-26)32(29,30)19-12-8-11-18-20(19)24-31-23-18/h5-12,21H,3-4,13-16H2,1-2H3. The van der Waals surface area contributed by atoms with Crippen LogP contribution in [-0.2, 0) is 14.8 Å². The quantitative estimate of drug-likeness (QED) is 0.524. The van der Waals surface area contributed by atoms with Crippen LogP contribution in [0, 0.1) is 0 Å². The van der Waals surface area contributed by atoms with Gasteiger partial charge in [-0.1, -0.05) is 36.4 Å². The molecule has 0 radical (unpaired) electrons. The molecule has 1 atom stereocenters. The van der Waals surface area contributed by atoms with E-state index in [0.717, 1.165) is 17.3 Å². The van der Waals surface area contributed by atoms with E-state index in [4.69, 9.17) is 0 Å². The van der Waals surface area contributed by atoms with E-state index in [2.05, 4.69) is 13.6 Å².